The van der Waals surface area contributed by atoms with Gasteiger partial charge in [0.1, 0.15) is 0 Å². The van der Waals surface area contributed by atoms with Crippen molar-refractivity contribution in [3.05, 3.63) is 71.3 Å². The maximum atomic E-state index is 12.3. The van der Waals surface area contributed by atoms with Gasteiger partial charge in [-0.1, -0.05) is 62.4 Å². The van der Waals surface area contributed by atoms with Gasteiger partial charge in [-0.3, -0.25) is 4.79 Å². The van der Waals surface area contributed by atoms with Crippen molar-refractivity contribution >= 4 is 5.91 Å². The van der Waals surface area contributed by atoms with Crippen LogP contribution < -0.4 is 5.32 Å². The predicted molar refractivity (Wildman–Crippen MR) is 98.4 cm³/mol. The molecule has 1 amide bonds. The first-order chi connectivity index (χ1) is 11.7. The van der Waals surface area contributed by atoms with Crippen LogP contribution in [0.25, 0.3) is 0 Å². The van der Waals surface area contributed by atoms with Gasteiger partial charge < -0.3 is 10.2 Å². The van der Waals surface area contributed by atoms with Crippen LogP contribution in [0.2, 0.25) is 0 Å². The van der Waals surface area contributed by atoms with E-state index in [-0.39, 0.29) is 11.3 Å². The Bertz CT molecular complexity index is 694. The molecule has 1 aliphatic rings. The van der Waals surface area contributed by atoms with E-state index < -0.39 is 0 Å². The number of nitrogens with one attached hydrogen (secondary N) is 1. The van der Waals surface area contributed by atoms with Crippen LogP contribution in [0.5, 0.6) is 0 Å². The van der Waals surface area contributed by atoms with Crippen LogP contribution in [0.1, 0.15) is 41.8 Å². The van der Waals surface area contributed by atoms with Gasteiger partial charge in [0.05, 0.1) is 0 Å². The third-order valence-electron chi connectivity index (χ3n) is 5.31. The summed E-state index contributed by atoms with van der Waals surface area (Å²) in [6.07, 6.45) is 0.996. The van der Waals surface area contributed by atoms with Crippen molar-refractivity contribution in [3.8, 4) is 0 Å². The summed E-state index contributed by atoms with van der Waals surface area (Å²) < 4.78 is 0. The van der Waals surface area contributed by atoms with Crippen LogP contribution in [0, 0.1) is 0 Å². The summed E-state index contributed by atoms with van der Waals surface area (Å²) in [5.41, 5.74) is 3.10. The number of amides is 1. The average Bonchev–Trinajstić information content (AvgIpc) is 2.65. The van der Waals surface area contributed by atoms with E-state index in [2.05, 4.69) is 60.5 Å². The number of carbonyl (C=O) groups excluding carboxylic acids is 1. The minimum Gasteiger partial charge on any atom is -0.351 e. The van der Waals surface area contributed by atoms with E-state index in [4.69, 9.17) is 0 Å². The van der Waals surface area contributed by atoms with E-state index in [1.54, 1.807) is 0 Å². The summed E-state index contributed by atoms with van der Waals surface area (Å²) in [7, 11) is 0. The second-order valence-electron chi connectivity index (χ2n) is 6.45. The first-order valence-electron chi connectivity index (χ1n) is 8.87. The summed E-state index contributed by atoms with van der Waals surface area (Å²) in [4.78, 5) is 14.8. The van der Waals surface area contributed by atoms with Gasteiger partial charge in [-0.15, -0.1) is 0 Å². The zero-order chi connectivity index (χ0) is 17.0. The summed E-state index contributed by atoms with van der Waals surface area (Å²) in [5.74, 6) is 0.0417. The number of fused-ring (bicyclic) bond motifs is 1. The molecule has 126 valence electrons. The summed E-state index contributed by atoms with van der Waals surface area (Å²) in [6, 6.07) is 18.7. The Balaban J connectivity index is 2.07. The van der Waals surface area contributed by atoms with E-state index >= 15 is 0 Å². The SMILES string of the molecule is CCN(CC)CCC1(c2ccccc2)CNC(=O)c2ccccc21. The zero-order valence-corrected chi connectivity index (χ0v) is 14.6. The first-order valence-corrected chi connectivity index (χ1v) is 8.87. The Labute approximate surface area is 144 Å². The Morgan fingerprint density at radius 1 is 1.00 bits per heavy atom. The molecule has 0 saturated carbocycles. The lowest BCUT2D eigenvalue weighted by Gasteiger charge is -2.41. The molecule has 0 aliphatic carbocycles. The fourth-order valence-corrected chi connectivity index (χ4v) is 3.79. The minimum atomic E-state index is -0.158. The van der Waals surface area contributed by atoms with Crippen LogP contribution in [0.15, 0.2) is 54.6 Å². The predicted octanol–water partition coefficient (Wildman–Crippen LogP) is 3.45. The molecule has 24 heavy (non-hydrogen) atoms. The molecule has 1 atom stereocenters. The molecule has 3 rings (SSSR count). The number of hydrogen-bond donors (Lipinski definition) is 1. The van der Waals surface area contributed by atoms with Crippen molar-refractivity contribution in [2.45, 2.75) is 25.7 Å². The summed E-state index contributed by atoms with van der Waals surface area (Å²) >= 11 is 0. The molecule has 3 nitrogen and oxygen atoms in total. The van der Waals surface area contributed by atoms with Crippen molar-refractivity contribution in [3.63, 3.8) is 0 Å². The van der Waals surface area contributed by atoms with Gasteiger partial charge in [-0.05, 0) is 43.2 Å². The summed E-state index contributed by atoms with van der Waals surface area (Å²) in [5, 5.41) is 3.13. The molecule has 1 N–H and O–H groups in total. The van der Waals surface area contributed by atoms with Gasteiger partial charge in [-0.2, -0.15) is 0 Å². The zero-order valence-electron chi connectivity index (χ0n) is 14.6. The topological polar surface area (TPSA) is 32.3 Å². The lowest BCUT2D eigenvalue weighted by Crippen LogP contribution is -2.49. The van der Waals surface area contributed by atoms with E-state index in [0.717, 1.165) is 37.2 Å². The van der Waals surface area contributed by atoms with Crippen LogP contribution in [0.3, 0.4) is 0 Å². The molecular weight excluding hydrogens is 296 g/mol. The van der Waals surface area contributed by atoms with E-state index in [9.17, 15) is 4.79 Å². The van der Waals surface area contributed by atoms with Gasteiger partial charge in [0.15, 0.2) is 0 Å². The molecular formula is C21H26N2O. The second-order valence-corrected chi connectivity index (χ2v) is 6.45. The highest BCUT2D eigenvalue weighted by atomic mass is 16.1. The molecule has 0 saturated heterocycles. The molecule has 0 spiro atoms. The molecule has 0 radical (unpaired) electrons. The van der Waals surface area contributed by atoms with E-state index in [1.165, 1.54) is 5.56 Å². The number of carbonyl (C=O) groups is 1. The Kier molecular flexibility index (Phi) is 5.00. The highest BCUT2D eigenvalue weighted by Gasteiger charge is 2.40. The molecule has 0 fully saturated rings. The third-order valence-corrected chi connectivity index (χ3v) is 5.31. The number of benzene rings is 2. The van der Waals surface area contributed by atoms with Crippen molar-refractivity contribution in [1.29, 1.82) is 0 Å². The lowest BCUT2D eigenvalue weighted by atomic mass is 9.68. The molecule has 0 bridgehead atoms. The molecule has 2 aromatic rings. The molecule has 1 unspecified atom stereocenters. The smallest absolute Gasteiger partial charge is 0.251 e. The molecule has 1 heterocycles. The number of hydrogen-bond acceptors (Lipinski definition) is 2. The van der Waals surface area contributed by atoms with Crippen LogP contribution >= 0.6 is 0 Å². The Hall–Kier alpha value is -2.13. The van der Waals surface area contributed by atoms with Crippen molar-refractivity contribution in [1.82, 2.24) is 10.2 Å². The van der Waals surface area contributed by atoms with Gasteiger partial charge in [0.2, 0.25) is 0 Å². The Morgan fingerprint density at radius 2 is 1.67 bits per heavy atom. The maximum absolute atomic E-state index is 12.3. The summed E-state index contributed by atoms with van der Waals surface area (Å²) in [6.45, 7) is 8.19. The standard InChI is InChI=1S/C21H26N2O/c1-3-23(4-2)15-14-21(17-10-6-5-7-11-17)16-22-20(24)18-12-8-9-13-19(18)21/h5-13H,3-4,14-16H2,1-2H3,(H,22,24). The quantitative estimate of drug-likeness (QED) is 0.883. The normalized spacial score (nSPS) is 19.9. The van der Waals surface area contributed by atoms with Gasteiger partial charge in [0, 0.05) is 17.5 Å². The maximum Gasteiger partial charge on any atom is 0.251 e. The van der Waals surface area contributed by atoms with Gasteiger partial charge >= 0.3 is 0 Å². The molecule has 3 heteroatoms. The minimum absolute atomic E-state index is 0.0417. The molecule has 1 aliphatic heterocycles. The van der Waals surface area contributed by atoms with Crippen LogP contribution in [-0.4, -0.2) is 37.0 Å². The molecule has 2 aromatic carbocycles. The van der Waals surface area contributed by atoms with E-state index in [1.807, 2.05) is 18.2 Å². The highest BCUT2D eigenvalue weighted by molar-refractivity contribution is 5.97. The van der Waals surface area contributed by atoms with E-state index in [0.29, 0.717) is 6.54 Å². The van der Waals surface area contributed by atoms with Gasteiger partial charge in [-0.25, -0.2) is 0 Å². The fraction of sp³-hybridized carbons (Fsp3) is 0.381. The van der Waals surface area contributed by atoms with Crippen molar-refractivity contribution < 1.29 is 4.79 Å². The largest absolute Gasteiger partial charge is 0.351 e. The number of nitrogens with zero attached hydrogens (tertiary/aromatic N) is 1. The van der Waals surface area contributed by atoms with Gasteiger partial charge in [0.25, 0.3) is 5.91 Å². The monoisotopic (exact) mass is 322 g/mol. The fourth-order valence-electron chi connectivity index (χ4n) is 3.79. The average molecular weight is 322 g/mol. The van der Waals surface area contributed by atoms with Crippen LogP contribution in [-0.2, 0) is 5.41 Å². The highest BCUT2D eigenvalue weighted by Crippen LogP contribution is 2.39. The van der Waals surface area contributed by atoms with Crippen molar-refractivity contribution in [2.75, 3.05) is 26.2 Å². The van der Waals surface area contributed by atoms with Crippen LogP contribution in [0.4, 0.5) is 0 Å². The van der Waals surface area contributed by atoms with Crippen molar-refractivity contribution in [2.24, 2.45) is 0 Å². The lowest BCUT2D eigenvalue weighted by molar-refractivity contribution is 0.0926. The third kappa shape index (κ3) is 2.96. The number of rotatable bonds is 6. The Morgan fingerprint density at radius 3 is 2.38 bits per heavy atom. The second kappa shape index (κ2) is 7.18. The first kappa shape index (κ1) is 16.7. The molecule has 0 aromatic heterocycles.